The number of nitrogens with one attached hydrogen (secondary N) is 1. The Morgan fingerprint density at radius 1 is 1.37 bits per heavy atom. The second-order valence-electron chi connectivity index (χ2n) is 7.31. The van der Waals surface area contributed by atoms with Crippen LogP contribution in [0, 0.1) is 5.92 Å². The van der Waals surface area contributed by atoms with Gasteiger partial charge in [-0.25, -0.2) is 13.6 Å². The molecule has 7 nitrogen and oxygen atoms in total. The SMILES string of the molecule is CC[C@H](C)[C@H](N)C(=O)N(Cc1ccc(S(N)(=O)=O)cc1)C[C@H]1C[C@@H](S)CN1. The molecule has 1 aliphatic heterocycles. The molecule has 1 heterocycles. The van der Waals surface area contributed by atoms with Crippen LogP contribution in [0.3, 0.4) is 0 Å². The molecule has 152 valence electrons. The van der Waals surface area contributed by atoms with Gasteiger partial charge >= 0.3 is 0 Å². The topological polar surface area (TPSA) is 119 Å². The molecule has 0 aliphatic carbocycles. The smallest absolute Gasteiger partial charge is 0.240 e. The van der Waals surface area contributed by atoms with Crippen LogP contribution in [0.25, 0.3) is 0 Å². The van der Waals surface area contributed by atoms with Crippen molar-refractivity contribution in [1.29, 1.82) is 0 Å². The number of amides is 1. The van der Waals surface area contributed by atoms with E-state index in [9.17, 15) is 13.2 Å². The van der Waals surface area contributed by atoms with Gasteiger partial charge in [0.25, 0.3) is 0 Å². The third-order valence-corrected chi connectivity index (χ3v) is 6.44. The van der Waals surface area contributed by atoms with Crippen molar-refractivity contribution in [1.82, 2.24) is 10.2 Å². The summed E-state index contributed by atoms with van der Waals surface area (Å²) in [7, 11) is -3.74. The number of carbonyl (C=O) groups is 1. The second kappa shape index (κ2) is 9.38. The minimum atomic E-state index is -3.74. The molecule has 0 radical (unpaired) electrons. The molecule has 1 fully saturated rings. The normalized spacial score (nSPS) is 22.4. The number of primary sulfonamides is 1. The first-order valence-electron chi connectivity index (χ1n) is 9.19. The maximum Gasteiger partial charge on any atom is 0.240 e. The Morgan fingerprint density at radius 2 is 2.00 bits per heavy atom. The molecular weight excluding hydrogens is 384 g/mol. The van der Waals surface area contributed by atoms with Crippen molar-refractivity contribution in [3.63, 3.8) is 0 Å². The number of hydrogen-bond donors (Lipinski definition) is 4. The van der Waals surface area contributed by atoms with Crippen LogP contribution >= 0.6 is 12.6 Å². The van der Waals surface area contributed by atoms with Crippen LogP contribution in [0.5, 0.6) is 0 Å². The zero-order valence-electron chi connectivity index (χ0n) is 15.8. The quantitative estimate of drug-likeness (QED) is 0.467. The minimum Gasteiger partial charge on any atom is -0.335 e. The van der Waals surface area contributed by atoms with Gasteiger partial charge in [0.1, 0.15) is 0 Å². The van der Waals surface area contributed by atoms with Gasteiger partial charge in [-0.1, -0.05) is 32.4 Å². The summed E-state index contributed by atoms with van der Waals surface area (Å²) in [5.74, 6) is -0.0109. The van der Waals surface area contributed by atoms with Crippen molar-refractivity contribution in [2.45, 2.75) is 55.5 Å². The van der Waals surface area contributed by atoms with Gasteiger partial charge in [-0.2, -0.15) is 12.6 Å². The number of hydrogen-bond acceptors (Lipinski definition) is 6. The van der Waals surface area contributed by atoms with Crippen molar-refractivity contribution in [2.75, 3.05) is 13.1 Å². The van der Waals surface area contributed by atoms with E-state index in [1.807, 2.05) is 13.8 Å². The summed E-state index contributed by atoms with van der Waals surface area (Å²) in [5, 5.41) is 8.81. The minimum absolute atomic E-state index is 0.0517. The van der Waals surface area contributed by atoms with Crippen LogP contribution < -0.4 is 16.2 Å². The molecule has 0 spiro atoms. The predicted octanol–water partition coefficient (Wildman–Crippen LogP) is 0.696. The van der Waals surface area contributed by atoms with E-state index in [1.54, 1.807) is 17.0 Å². The molecule has 9 heteroatoms. The summed E-state index contributed by atoms with van der Waals surface area (Å²) >= 11 is 4.49. The lowest BCUT2D eigenvalue weighted by Gasteiger charge is -2.30. The van der Waals surface area contributed by atoms with Gasteiger partial charge < -0.3 is 16.0 Å². The Bertz CT molecular complexity index is 739. The van der Waals surface area contributed by atoms with Crippen molar-refractivity contribution < 1.29 is 13.2 Å². The maximum atomic E-state index is 13.0. The van der Waals surface area contributed by atoms with Gasteiger partial charge in [0.05, 0.1) is 10.9 Å². The van der Waals surface area contributed by atoms with Crippen molar-refractivity contribution in [2.24, 2.45) is 16.8 Å². The van der Waals surface area contributed by atoms with E-state index in [1.165, 1.54) is 12.1 Å². The summed E-state index contributed by atoms with van der Waals surface area (Å²) in [4.78, 5) is 14.8. The van der Waals surface area contributed by atoms with Gasteiger partial charge in [-0.05, 0) is 30.0 Å². The summed E-state index contributed by atoms with van der Waals surface area (Å²) in [6.45, 7) is 5.70. The average Bonchev–Trinajstić information content (AvgIpc) is 3.03. The van der Waals surface area contributed by atoms with Crippen molar-refractivity contribution in [3.8, 4) is 0 Å². The molecule has 0 aromatic heterocycles. The number of thiol groups is 1. The highest BCUT2D eigenvalue weighted by atomic mass is 32.2. The largest absolute Gasteiger partial charge is 0.335 e. The summed E-state index contributed by atoms with van der Waals surface area (Å²) in [5.41, 5.74) is 7.01. The Kier molecular flexibility index (Phi) is 7.70. The number of rotatable bonds is 8. The van der Waals surface area contributed by atoms with Crippen LogP contribution in [-0.2, 0) is 21.4 Å². The van der Waals surface area contributed by atoms with Gasteiger partial charge in [0, 0.05) is 30.9 Å². The Hall–Kier alpha value is -1.13. The highest BCUT2D eigenvalue weighted by Crippen LogP contribution is 2.18. The molecule has 0 saturated carbocycles. The standard InChI is InChI=1S/C18H30N4O3S2/c1-3-12(2)17(19)18(23)22(11-14-8-15(26)9-21-14)10-13-4-6-16(7-5-13)27(20,24)25/h4-7,12,14-15,17,21,26H,3,8-11,19H2,1-2H3,(H2,20,24,25)/t12-,14+,15+,17-/m0/s1. The van der Waals surface area contributed by atoms with Gasteiger partial charge in [0.2, 0.25) is 15.9 Å². The first-order valence-corrected chi connectivity index (χ1v) is 11.3. The number of nitrogens with zero attached hydrogens (tertiary/aromatic N) is 1. The summed E-state index contributed by atoms with van der Waals surface area (Å²) in [6.07, 6.45) is 1.71. The summed E-state index contributed by atoms with van der Waals surface area (Å²) in [6, 6.07) is 5.88. The van der Waals surface area contributed by atoms with Crippen LogP contribution in [0.4, 0.5) is 0 Å². The number of nitrogens with two attached hydrogens (primary N) is 2. The third kappa shape index (κ3) is 6.18. The van der Waals surface area contributed by atoms with Crippen LogP contribution in [0.15, 0.2) is 29.2 Å². The first-order chi connectivity index (χ1) is 12.6. The van der Waals surface area contributed by atoms with E-state index in [2.05, 4.69) is 17.9 Å². The lowest BCUT2D eigenvalue weighted by atomic mass is 9.98. The monoisotopic (exact) mass is 414 g/mol. The number of carbonyl (C=O) groups excluding carboxylic acids is 1. The molecule has 1 aromatic carbocycles. The van der Waals surface area contributed by atoms with E-state index >= 15 is 0 Å². The van der Waals surface area contributed by atoms with Gasteiger partial charge in [-0.15, -0.1) is 0 Å². The van der Waals surface area contributed by atoms with Crippen LogP contribution in [0.1, 0.15) is 32.3 Å². The Morgan fingerprint density at radius 3 is 2.48 bits per heavy atom. The molecule has 1 amide bonds. The van der Waals surface area contributed by atoms with Crippen LogP contribution in [0.2, 0.25) is 0 Å². The van der Waals surface area contributed by atoms with E-state index < -0.39 is 16.1 Å². The number of benzene rings is 1. The summed E-state index contributed by atoms with van der Waals surface area (Å²) < 4.78 is 22.8. The lowest BCUT2D eigenvalue weighted by Crippen LogP contribution is -2.50. The Balaban J connectivity index is 2.17. The molecule has 1 aliphatic rings. The van der Waals surface area contributed by atoms with E-state index in [4.69, 9.17) is 10.9 Å². The van der Waals surface area contributed by atoms with E-state index in [-0.39, 0.29) is 28.0 Å². The van der Waals surface area contributed by atoms with Gasteiger partial charge in [0.15, 0.2) is 0 Å². The first kappa shape index (κ1) is 22.2. The van der Waals surface area contributed by atoms with E-state index in [0.29, 0.717) is 13.1 Å². The fraction of sp³-hybridized carbons (Fsp3) is 0.611. The zero-order chi connectivity index (χ0) is 20.2. The molecule has 1 saturated heterocycles. The molecule has 4 atom stereocenters. The highest BCUT2D eigenvalue weighted by molar-refractivity contribution is 7.89. The predicted molar refractivity (Wildman–Crippen MR) is 110 cm³/mol. The fourth-order valence-electron chi connectivity index (χ4n) is 3.15. The van der Waals surface area contributed by atoms with Crippen molar-refractivity contribution >= 4 is 28.6 Å². The zero-order valence-corrected chi connectivity index (χ0v) is 17.5. The van der Waals surface area contributed by atoms with Gasteiger partial charge in [-0.3, -0.25) is 4.79 Å². The van der Waals surface area contributed by atoms with Crippen molar-refractivity contribution in [3.05, 3.63) is 29.8 Å². The average molecular weight is 415 g/mol. The molecule has 2 rings (SSSR count). The molecule has 0 unspecified atom stereocenters. The molecule has 1 aromatic rings. The highest BCUT2D eigenvalue weighted by Gasteiger charge is 2.29. The molecule has 27 heavy (non-hydrogen) atoms. The number of sulfonamides is 1. The fourth-order valence-corrected chi connectivity index (χ4v) is 4.02. The van der Waals surface area contributed by atoms with E-state index in [0.717, 1.165) is 24.9 Å². The lowest BCUT2D eigenvalue weighted by molar-refractivity contribution is -0.134. The third-order valence-electron chi connectivity index (χ3n) is 5.12. The van der Waals surface area contributed by atoms with Crippen LogP contribution in [-0.4, -0.2) is 49.6 Å². The molecular formula is C18H30N4O3S2. The Labute approximate surface area is 167 Å². The second-order valence-corrected chi connectivity index (χ2v) is 9.61. The molecule has 0 bridgehead atoms. The molecule has 5 N–H and O–H groups in total. The maximum absolute atomic E-state index is 13.0.